The number of hydrogen-bond acceptors (Lipinski definition) is 1. The number of hydrogen-bond donors (Lipinski definition) is 1. The summed E-state index contributed by atoms with van der Waals surface area (Å²) in [7, 11) is 0. The summed E-state index contributed by atoms with van der Waals surface area (Å²) in [6.07, 6.45) is 0.651. The minimum atomic E-state index is -0.345. The first-order valence-electron chi connectivity index (χ1n) is 5.63. The summed E-state index contributed by atoms with van der Waals surface area (Å²) in [5.74, 6) is -0.620. The molecule has 1 nitrogen and oxygen atoms in total. The number of nitrogens with one attached hydrogen (secondary N) is 1. The van der Waals surface area contributed by atoms with Crippen LogP contribution in [0, 0.1) is 11.6 Å². The molecule has 0 aromatic heterocycles. The van der Waals surface area contributed by atoms with Gasteiger partial charge in [0.1, 0.15) is 11.6 Å². The second kappa shape index (κ2) is 4.25. The van der Waals surface area contributed by atoms with Gasteiger partial charge in [0.15, 0.2) is 0 Å². The van der Waals surface area contributed by atoms with E-state index in [1.807, 2.05) is 0 Å². The lowest BCUT2D eigenvalue weighted by atomic mass is 10.0. The monoisotopic (exact) mass is 265 g/mol. The lowest BCUT2D eigenvalue weighted by Crippen LogP contribution is -2.05. The van der Waals surface area contributed by atoms with Crippen LogP contribution in [-0.4, -0.2) is 0 Å². The second-order valence-corrected chi connectivity index (χ2v) is 4.81. The molecule has 1 aliphatic rings. The Morgan fingerprint density at radius 1 is 1.11 bits per heavy atom. The van der Waals surface area contributed by atoms with Crippen LogP contribution in [-0.2, 0) is 6.42 Å². The van der Waals surface area contributed by atoms with Crippen LogP contribution in [0.25, 0.3) is 0 Å². The maximum Gasteiger partial charge on any atom is 0.148 e. The lowest BCUT2D eigenvalue weighted by Gasteiger charge is -2.11. The summed E-state index contributed by atoms with van der Waals surface area (Å²) in [4.78, 5) is 0. The Hall–Kier alpha value is -1.61. The Kier molecular flexibility index (Phi) is 2.71. The van der Waals surface area contributed by atoms with Crippen molar-refractivity contribution in [1.82, 2.24) is 0 Å². The third-order valence-corrected chi connectivity index (χ3v) is 3.37. The maximum atomic E-state index is 13.7. The van der Waals surface area contributed by atoms with Crippen LogP contribution in [0.5, 0.6) is 0 Å². The highest BCUT2D eigenvalue weighted by molar-refractivity contribution is 6.30. The molecule has 1 aliphatic heterocycles. The molecule has 2 aromatic carbocycles. The fourth-order valence-corrected chi connectivity index (χ4v) is 2.52. The number of rotatable bonds is 1. The van der Waals surface area contributed by atoms with E-state index in [-0.39, 0.29) is 17.7 Å². The molecule has 1 N–H and O–H groups in total. The molecule has 0 bridgehead atoms. The average Bonchev–Trinajstić information content (AvgIpc) is 2.74. The first-order chi connectivity index (χ1) is 8.63. The molecule has 1 atom stereocenters. The predicted octanol–water partition coefficient (Wildman–Crippen LogP) is 4.33. The average molecular weight is 266 g/mol. The zero-order valence-electron chi connectivity index (χ0n) is 9.38. The molecule has 1 heterocycles. The standard InChI is InChI=1S/C14H10ClF2N/c15-10-5-9-6-13(18-14(9)12(17)7-10)8-1-3-11(16)4-2-8/h1-5,7,13,18H,6H2. The molecule has 0 fully saturated rings. The van der Waals surface area contributed by atoms with E-state index in [0.717, 1.165) is 11.1 Å². The summed E-state index contributed by atoms with van der Waals surface area (Å²) in [6, 6.07) is 9.24. The molecule has 0 radical (unpaired) electrons. The van der Waals surface area contributed by atoms with Gasteiger partial charge in [-0.15, -0.1) is 0 Å². The Morgan fingerprint density at radius 2 is 1.83 bits per heavy atom. The lowest BCUT2D eigenvalue weighted by molar-refractivity contribution is 0.625. The van der Waals surface area contributed by atoms with Crippen molar-refractivity contribution in [2.24, 2.45) is 0 Å². The number of halogens is 3. The molecule has 0 aliphatic carbocycles. The highest BCUT2D eigenvalue weighted by Crippen LogP contribution is 2.37. The highest BCUT2D eigenvalue weighted by Gasteiger charge is 2.25. The predicted molar refractivity (Wildman–Crippen MR) is 67.9 cm³/mol. The van der Waals surface area contributed by atoms with E-state index < -0.39 is 0 Å². The highest BCUT2D eigenvalue weighted by atomic mass is 35.5. The van der Waals surface area contributed by atoms with Gasteiger partial charge in [-0.25, -0.2) is 8.78 Å². The Bertz CT molecular complexity index is 595. The summed E-state index contributed by atoms with van der Waals surface area (Å²) in [5, 5.41) is 3.51. The fraction of sp³-hybridized carbons (Fsp3) is 0.143. The van der Waals surface area contributed by atoms with E-state index >= 15 is 0 Å². The largest absolute Gasteiger partial charge is 0.375 e. The fourth-order valence-electron chi connectivity index (χ4n) is 2.29. The smallest absolute Gasteiger partial charge is 0.148 e. The summed E-state index contributed by atoms with van der Waals surface area (Å²) < 4.78 is 26.6. The summed E-state index contributed by atoms with van der Waals surface area (Å²) >= 11 is 5.83. The molecule has 3 rings (SSSR count). The van der Waals surface area contributed by atoms with Gasteiger partial charge in [-0.2, -0.15) is 0 Å². The van der Waals surface area contributed by atoms with Gasteiger partial charge in [-0.05, 0) is 41.8 Å². The topological polar surface area (TPSA) is 12.0 Å². The van der Waals surface area contributed by atoms with Gasteiger partial charge in [0, 0.05) is 5.02 Å². The van der Waals surface area contributed by atoms with Gasteiger partial charge in [-0.1, -0.05) is 23.7 Å². The number of benzene rings is 2. The molecule has 1 unspecified atom stereocenters. The molecular weight excluding hydrogens is 256 g/mol. The zero-order chi connectivity index (χ0) is 12.7. The molecule has 0 saturated heterocycles. The van der Waals surface area contributed by atoms with Crippen molar-refractivity contribution in [3.63, 3.8) is 0 Å². The summed E-state index contributed by atoms with van der Waals surface area (Å²) in [6.45, 7) is 0. The SMILES string of the molecule is Fc1ccc(C2Cc3cc(Cl)cc(F)c3N2)cc1. The maximum absolute atomic E-state index is 13.7. The van der Waals surface area contributed by atoms with Crippen LogP contribution < -0.4 is 5.32 Å². The first-order valence-corrected chi connectivity index (χ1v) is 6.01. The Morgan fingerprint density at radius 3 is 2.56 bits per heavy atom. The van der Waals surface area contributed by atoms with E-state index in [2.05, 4.69) is 5.32 Å². The van der Waals surface area contributed by atoms with Gasteiger partial charge in [-0.3, -0.25) is 0 Å². The Balaban J connectivity index is 1.93. The van der Waals surface area contributed by atoms with Gasteiger partial charge in [0.05, 0.1) is 11.7 Å². The molecule has 2 aromatic rings. The van der Waals surface area contributed by atoms with Crippen molar-refractivity contribution in [1.29, 1.82) is 0 Å². The molecule has 18 heavy (non-hydrogen) atoms. The van der Waals surface area contributed by atoms with Gasteiger partial charge in [0.25, 0.3) is 0 Å². The number of fused-ring (bicyclic) bond motifs is 1. The van der Waals surface area contributed by atoms with E-state index in [9.17, 15) is 8.78 Å². The van der Waals surface area contributed by atoms with Gasteiger partial charge < -0.3 is 5.32 Å². The molecular formula is C14H10ClF2N. The second-order valence-electron chi connectivity index (χ2n) is 4.37. The number of anilines is 1. The van der Waals surface area contributed by atoms with Crippen molar-refractivity contribution in [3.8, 4) is 0 Å². The van der Waals surface area contributed by atoms with E-state index in [4.69, 9.17) is 11.6 Å². The van der Waals surface area contributed by atoms with Crippen LogP contribution >= 0.6 is 11.6 Å². The molecule has 0 saturated carbocycles. The molecule has 4 heteroatoms. The Labute approximate surface area is 108 Å². The molecule has 0 spiro atoms. The van der Waals surface area contributed by atoms with Crippen LogP contribution in [0.15, 0.2) is 36.4 Å². The molecule has 92 valence electrons. The van der Waals surface area contributed by atoms with Crippen molar-refractivity contribution in [2.45, 2.75) is 12.5 Å². The first kappa shape index (κ1) is 11.5. The zero-order valence-corrected chi connectivity index (χ0v) is 10.1. The van der Waals surface area contributed by atoms with E-state index in [0.29, 0.717) is 17.1 Å². The van der Waals surface area contributed by atoms with Gasteiger partial charge >= 0.3 is 0 Å². The van der Waals surface area contributed by atoms with Gasteiger partial charge in [0.2, 0.25) is 0 Å². The molecule has 0 amide bonds. The van der Waals surface area contributed by atoms with E-state index in [1.165, 1.54) is 18.2 Å². The minimum Gasteiger partial charge on any atom is -0.375 e. The van der Waals surface area contributed by atoms with Crippen LogP contribution in [0.3, 0.4) is 0 Å². The van der Waals surface area contributed by atoms with E-state index in [1.54, 1.807) is 18.2 Å². The third-order valence-electron chi connectivity index (χ3n) is 3.15. The minimum absolute atomic E-state index is 0.0337. The third kappa shape index (κ3) is 1.95. The quantitative estimate of drug-likeness (QED) is 0.809. The van der Waals surface area contributed by atoms with Crippen LogP contribution in [0.4, 0.5) is 14.5 Å². The normalized spacial score (nSPS) is 17.4. The summed E-state index contributed by atoms with van der Waals surface area (Å²) in [5.41, 5.74) is 2.28. The van der Waals surface area contributed by atoms with Crippen molar-refractivity contribution in [3.05, 3.63) is 64.2 Å². The van der Waals surface area contributed by atoms with Crippen molar-refractivity contribution < 1.29 is 8.78 Å². The van der Waals surface area contributed by atoms with Crippen LogP contribution in [0.1, 0.15) is 17.2 Å². The van der Waals surface area contributed by atoms with Crippen LogP contribution in [0.2, 0.25) is 5.02 Å². The van der Waals surface area contributed by atoms with Crippen molar-refractivity contribution >= 4 is 17.3 Å². The van der Waals surface area contributed by atoms with Crippen molar-refractivity contribution in [2.75, 3.05) is 5.32 Å².